The van der Waals surface area contributed by atoms with Crippen LogP contribution in [-0.4, -0.2) is 28.1 Å². The van der Waals surface area contributed by atoms with E-state index in [9.17, 15) is 4.79 Å². The fourth-order valence-electron chi connectivity index (χ4n) is 1.36. The first-order valence-electron chi connectivity index (χ1n) is 6.10. The number of rotatable bonds is 10. The highest BCUT2D eigenvalue weighted by molar-refractivity contribution is 7.99. The third-order valence-electron chi connectivity index (χ3n) is 2.62. The second-order valence-electron chi connectivity index (χ2n) is 4.50. The van der Waals surface area contributed by atoms with Gasteiger partial charge in [-0.3, -0.25) is 4.79 Å². The smallest absolute Gasteiger partial charge is 0.323 e. The molecule has 3 N–H and O–H groups in total. The van der Waals surface area contributed by atoms with Crippen LogP contribution in [0.25, 0.3) is 0 Å². The van der Waals surface area contributed by atoms with Crippen LogP contribution in [0, 0.1) is 0 Å². The summed E-state index contributed by atoms with van der Waals surface area (Å²) in [6, 6.07) is 0. The number of carbonyl (C=O) groups is 1. The summed E-state index contributed by atoms with van der Waals surface area (Å²) in [6.45, 7) is 3.79. The minimum absolute atomic E-state index is 0.567. The van der Waals surface area contributed by atoms with Gasteiger partial charge in [-0.05, 0) is 37.7 Å². The Morgan fingerprint density at radius 2 is 1.81 bits per heavy atom. The second-order valence-corrected chi connectivity index (χ2v) is 5.72. The quantitative estimate of drug-likeness (QED) is 0.583. The van der Waals surface area contributed by atoms with Gasteiger partial charge in [0.1, 0.15) is 5.54 Å². The van der Waals surface area contributed by atoms with Gasteiger partial charge in [0.05, 0.1) is 0 Å². The maximum Gasteiger partial charge on any atom is 0.323 e. The van der Waals surface area contributed by atoms with Crippen molar-refractivity contribution in [1.82, 2.24) is 0 Å². The van der Waals surface area contributed by atoms with Gasteiger partial charge >= 0.3 is 5.97 Å². The van der Waals surface area contributed by atoms with Crippen LogP contribution in [0.2, 0.25) is 0 Å². The monoisotopic (exact) mass is 247 g/mol. The summed E-state index contributed by atoms with van der Waals surface area (Å²) >= 11 is 1.96. The fraction of sp³-hybridized carbons (Fsp3) is 0.917. The molecule has 96 valence electrons. The highest BCUT2D eigenvalue weighted by atomic mass is 32.2. The lowest BCUT2D eigenvalue weighted by Gasteiger charge is -2.18. The Balaban J connectivity index is 3.30. The first-order valence-corrected chi connectivity index (χ1v) is 7.26. The number of hydrogen-bond acceptors (Lipinski definition) is 3. The summed E-state index contributed by atoms with van der Waals surface area (Å²) in [5.74, 6) is 1.45. The third-order valence-corrected chi connectivity index (χ3v) is 3.77. The van der Waals surface area contributed by atoms with Crippen LogP contribution < -0.4 is 5.73 Å². The Bertz CT molecular complexity index is 195. The molecule has 0 rings (SSSR count). The predicted octanol–water partition coefficient (Wildman–Crippen LogP) is 2.88. The zero-order valence-electron chi connectivity index (χ0n) is 10.5. The first-order chi connectivity index (χ1) is 7.50. The molecule has 0 saturated heterocycles. The Hall–Kier alpha value is -0.220. The molecule has 1 unspecified atom stereocenters. The number of hydrogen-bond donors (Lipinski definition) is 2. The zero-order chi connectivity index (χ0) is 12.4. The SMILES string of the molecule is CCCCCSCCCCC(C)(N)C(=O)O. The van der Waals surface area contributed by atoms with Crippen molar-refractivity contribution in [3.8, 4) is 0 Å². The van der Waals surface area contributed by atoms with Gasteiger partial charge in [0, 0.05) is 0 Å². The van der Waals surface area contributed by atoms with Crippen LogP contribution in [0.5, 0.6) is 0 Å². The summed E-state index contributed by atoms with van der Waals surface area (Å²) in [7, 11) is 0. The van der Waals surface area contributed by atoms with E-state index < -0.39 is 11.5 Å². The van der Waals surface area contributed by atoms with E-state index in [1.807, 2.05) is 11.8 Å². The molecule has 0 fully saturated rings. The minimum Gasteiger partial charge on any atom is -0.480 e. The molecule has 0 aliphatic heterocycles. The number of aliphatic carboxylic acids is 1. The van der Waals surface area contributed by atoms with Crippen molar-refractivity contribution in [2.45, 2.75) is 57.9 Å². The largest absolute Gasteiger partial charge is 0.480 e. The molecular weight excluding hydrogens is 222 g/mol. The van der Waals surface area contributed by atoms with Gasteiger partial charge in [-0.2, -0.15) is 11.8 Å². The van der Waals surface area contributed by atoms with E-state index in [4.69, 9.17) is 10.8 Å². The molecule has 0 heterocycles. The fourth-order valence-corrected chi connectivity index (χ4v) is 2.38. The number of unbranched alkanes of at least 4 members (excludes halogenated alkanes) is 3. The minimum atomic E-state index is -1.05. The molecule has 16 heavy (non-hydrogen) atoms. The molecule has 0 saturated carbocycles. The van der Waals surface area contributed by atoms with Gasteiger partial charge in [0.2, 0.25) is 0 Å². The molecule has 0 aromatic heterocycles. The molecule has 0 aromatic carbocycles. The molecule has 0 bridgehead atoms. The third kappa shape index (κ3) is 7.99. The summed E-state index contributed by atoms with van der Waals surface area (Å²) in [5.41, 5.74) is 4.58. The topological polar surface area (TPSA) is 63.3 Å². The molecule has 0 aliphatic rings. The maximum atomic E-state index is 10.7. The van der Waals surface area contributed by atoms with Gasteiger partial charge < -0.3 is 10.8 Å². The van der Waals surface area contributed by atoms with Crippen LogP contribution in [0.1, 0.15) is 52.4 Å². The standard InChI is InChI=1S/C12H25NO2S/c1-3-4-6-9-16-10-7-5-8-12(2,13)11(14)15/h3-10,13H2,1-2H3,(H,14,15). The van der Waals surface area contributed by atoms with E-state index in [2.05, 4.69) is 6.92 Å². The van der Waals surface area contributed by atoms with Gasteiger partial charge in [0.25, 0.3) is 0 Å². The highest BCUT2D eigenvalue weighted by Crippen LogP contribution is 2.14. The number of thioether (sulfide) groups is 1. The number of carboxylic acid groups (broad SMARTS) is 1. The molecule has 0 spiro atoms. The van der Waals surface area contributed by atoms with Crippen LogP contribution in [-0.2, 0) is 4.79 Å². The van der Waals surface area contributed by atoms with Gasteiger partial charge in [-0.25, -0.2) is 0 Å². The van der Waals surface area contributed by atoms with Gasteiger partial charge in [-0.1, -0.05) is 26.2 Å². The number of carboxylic acids is 1. The second kappa shape index (κ2) is 8.88. The molecule has 1 atom stereocenters. The first kappa shape index (κ1) is 15.8. The van der Waals surface area contributed by atoms with E-state index in [1.165, 1.54) is 25.0 Å². The van der Waals surface area contributed by atoms with Crippen molar-refractivity contribution in [3.05, 3.63) is 0 Å². The highest BCUT2D eigenvalue weighted by Gasteiger charge is 2.26. The van der Waals surface area contributed by atoms with Crippen molar-refractivity contribution in [1.29, 1.82) is 0 Å². The van der Waals surface area contributed by atoms with E-state index in [0.29, 0.717) is 6.42 Å². The van der Waals surface area contributed by atoms with E-state index in [0.717, 1.165) is 18.6 Å². The molecule has 0 amide bonds. The van der Waals surface area contributed by atoms with E-state index in [1.54, 1.807) is 6.92 Å². The van der Waals surface area contributed by atoms with Crippen molar-refractivity contribution in [2.75, 3.05) is 11.5 Å². The summed E-state index contributed by atoms with van der Waals surface area (Å²) in [5, 5.41) is 8.81. The Morgan fingerprint density at radius 1 is 1.25 bits per heavy atom. The lowest BCUT2D eigenvalue weighted by Crippen LogP contribution is -2.44. The van der Waals surface area contributed by atoms with Crippen LogP contribution in [0.4, 0.5) is 0 Å². The lowest BCUT2D eigenvalue weighted by atomic mass is 9.97. The van der Waals surface area contributed by atoms with Crippen molar-refractivity contribution >= 4 is 17.7 Å². The Labute approximate surface area is 103 Å². The van der Waals surface area contributed by atoms with Crippen LogP contribution >= 0.6 is 11.8 Å². The normalized spacial score (nSPS) is 14.7. The van der Waals surface area contributed by atoms with Crippen molar-refractivity contribution in [2.24, 2.45) is 5.73 Å². The molecule has 0 aromatic rings. The average molecular weight is 247 g/mol. The zero-order valence-corrected chi connectivity index (χ0v) is 11.3. The Kier molecular flexibility index (Phi) is 8.76. The van der Waals surface area contributed by atoms with Gasteiger partial charge in [-0.15, -0.1) is 0 Å². The summed E-state index contributed by atoms with van der Waals surface area (Å²) in [4.78, 5) is 10.7. The molecular formula is C12H25NO2S. The number of nitrogens with two attached hydrogens (primary N) is 1. The predicted molar refractivity (Wildman–Crippen MR) is 70.9 cm³/mol. The van der Waals surface area contributed by atoms with Crippen molar-refractivity contribution < 1.29 is 9.90 Å². The van der Waals surface area contributed by atoms with E-state index >= 15 is 0 Å². The Morgan fingerprint density at radius 3 is 2.31 bits per heavy atom. The molecule has 0 radical (unpaired) electrons. The lowest BCUT2D eigenvalue weighted by molar-refractivity contribution is -0.142. The average Bonchev–Trinajstić information content (AvgIpc) is 2.21. The summed E-state index contributed by atoms with van der Waals surface area (Å²) in [6.07, 6.45) is 6.41. The van der Waals surface area contributed by atoms with E-state index in [-0.39, 0.29) is 0 Å². The molecule has 4 heteroatoms. The maximum absolute atomic E-state index is 10.7. The van der Waals surface area contributed by atoms with Crippen LogP contribution in [0.3, 0.4) is 0 Å². The summed E-state index contributed by atoms with van der Waals surface area (Å²) < 4.78 is 0. The molecule has 3 nitrogen and oxygen atoms in total. The van der Waals surface area contributed by atoms with Gasteiger partial charge in [0.15, 0.2) is 0 Å². The van der Waals surface area contributed by atoms with Crippen molar-refractivity contribution in [3.63, 3.8) is 0 Å². The van der Waals surface area contributed by atoms with Crippen LogP contribution in [0.15, 0.2) is 0 Å². The molecule has 0 aliphatic carbocycles.